The summed E-state index contributed by atoms with van der Waals surface area (Å²) in [6.07, 6.45) is 8.43. The lowest BCUT2D eigenvalue weighted by molar-refractivity contribution is -0.159. The van der Waals surface area contributed by atoms with Gasteiger partial charge in [0, 0.05) is 54.5 Å². The number of amides is 1. The molecule has 4 aliphatic rings. The predicted molar refractivity (Wildman–Crippen MR) is 146 cm³/mol. The SMILES string of the molecule is Cc1cc(-c2cnn3c(NCC4CCOCC4)cc(NC4CC5(COC5)C4)nc23)ccc1C(=O)NC1CC1. The van der Waals surface area contributed by atoms with Gasteiger partial charge in [-0.25, -0.2) is 4.98 Å². The van der Waals surface area contributed by atoms with Gasteiger partial charge < -0.3 is 25.4 Å². The molecule has 0 atom stereocenters. The number of carbonyl (C=O) groups excluding carboxylic acids is 1. The minimum atomic E-state index is 0.00996. The number of nitrogens with one attached hydrogen (secondary N) is 3. The number of aromatic nitrogens is 3. The standard InChI is InChI=1S/C29H36N6O3/c1-18-10-20(2-5-23(18)28(36)33-21-3-4-21)24-15-31-35-26(30-14-19-6-8-37-9-7-19)11-25(34-27(24)35)32-22-12-29(13-22)16-38-17-29/h2,5,10-11,15,19,21-22,30H,3-4,6-9,12-14,16-17H2,1H3,(H,32,34)(H,33,36). The first kappa shape index (κ1) is 23.9. The fourth-order valence-corrected chi connectivity index (χ4v) is 6.07. The zero-order valence-corrected chi connectivity index (χ0v) is 22.0. The van der Waals surface area contributed by atoms with E-state index in [4.69, 9.17) is 19.6 Å². The Labute approximate surface area is 222 Å². The fourth-order valence-electron chi connectivity index (χ4n) is 6.07. The Morgan fingerprint density at radius 2 is 1.89 bits per heavy atom. The number of carbonyl (C=O) groups is 1. The van der Waals surface area contributed by atoms with Crippen molar-refractivity contribution in [1.29, 1.82) is 0 Å². The van der Waals surface area contributed by atoms with Crippen LogP contribution in [0.5, 0.6) is 0 Å². The average Bonchev–Trinajstić information content (AvgIpc) is 3.58. The van der Waals surface area contributed by atoms with E-state index in [2.05, 4.69) is 28.1 Å². The molecule has 4 heterocycles. The minimum Gasteiger partial charge on any atom is -0.381 e. The van der Waals surface area contributed by atoms with Gasteiger partial charge in [0.15, 0.2) is 5.65 Å². The Bertz CT molecular complexity index is 1350. The van der Waals surface area contributed by atoms with Crippen molar-refractivity contribution >= 4 is 23.2 Å². The summed E-state index contributed by atoms with van der Waals surface area (Å²) < 4.78 is 12.9. The number of hydrogen-bond acceptors (Lipinski definition) is 7. The maximum absolute atomic E-state index is 12.7. The highest BCUT2D eigenvalue weighted by atomic mass is 16.5. The molecule has 1 spiro atoms. The summed E-state index contributed by atoms with van der Waals surface area (Å²) in [6.45, 7) is 6.31. The van der Waals surface area contributed by atoms with E-state index in [9.17, 15) is 4.79 Å². The Morgan fingerprint density at radius 3 is 2.61 bits per heavy atom. The number of nitrogens with zero attached hydrogens (tertiary/aromatic N) is 3. The van der Waals surface area contributed by atoms with Crippen LogP contribution in [0.2, 0.25) is 0 Å². The van der Waals surface area contributed by atoms with Crippen molar-refractivity contribution < 1.29 is 14.3 Å². The van der Waals surface area contributed by atoms with Gasteiger partial charge in [0.05, 0.1) is 19.4 Å². The lowest BCUT2D eigenvalue weighted by Crippen LogP contribution is -2.56. The van der Waals surface area contributed by atoms with Crippen molar-refractivity contribution in [3.8, 4) is 11.1 Å². The van der Waals surface area contributed by atoms with E-state index in [0.29, 0.717) is 23.4 Å². The number of aryl methyl sites for hydroxylation is 1. The molecule has 1 amide bonds. The van der Waals surface area contributed by atoms with Gasteiger partial charge in [0.1, 0.15) is 11.6 Å². The topological polar surface area (TPSA) is 102 Å². The maximum Gasteiger partial charge on any atom is 0.251 e. The molecule has 3 N–H and O–H groups in total. The molecule has 38 heavy (non-hydrogen) atoms. The number of hydrogen-bond donors (Lipinski definition) is 3. The summed E-state index contributed by atoms with van der Waals surface area (Å²) in [4.78, 5) is 17.7. The van der Waals surface area contributed by atoms with Crippen LogP contribution in [0.25, 0.3) is 16.8 Å². The molecule has 2 aliphatic heterocycles. The number of benzene rings is 1. The second-order valence-corrected chi connectivity index (χ2v) is 11.8. The zero-order chi connectivity index (χ0) is 25.7. The van der Waals surface area contributed by atoms with Gasteiger partial charge in [-0.2, -0.15) is 9.61 Å². The molecule has 7 rings (SSSR count). The number of rotatable bonds is 8. The third-order valence-electron chi connectivity index (χ3n) is 8.61. The Balaban J connectivity index is 1.18. The third-order valence-corrected chi connectivity index (χ3v) is 8.61. The van der Waals surface area contributed by atoms with Gasteiger partial charge in [0.25, 0.3) is 5.91 Å². The van der Waals surface area contributed by atoms with E-state index in [1.165, 1.54) is 0 Å². The first-order valence-corrected chi connectivity index (χ1v) is 14.0. The largest absolute Gasteiger partial charge is 0.381 e. The van der Waals surface area contributed by atoms with Gasteiger partial charge in [-0.15, -0.1) is 0 Å². The lowest BCUT2D eigenvalue weighted by Gasteiger charge is -2.53. The van der Waals surface area contributed by atoms with Crippen molar-refractivity contribution in [2.24, 2.45) is 11.3 Å². The monoisotopic (exact) mass is 516 g/mol. The molecule has 9 nitrogen and oxygen atoms in total. The summed E-state index contributed by atoms with van der Waals surface area (Å²) in [6, 6.07) is 8.84. The van der Waals surface area contributed by atoms with Crippen molar-refractivity contribution in [2.45, 2.75) is 57.5 Å². The highest BCUT2D eigenvalue weighted by Gasteiger charge is 2.49. The normalized spacial score (nSPS) is 21.2. The molecule has 3 aromatic rings. The number of anilines is 2. The average molecular weight is 517 g/mol. The quantitative estimate of drug-likeness (QED) is 0.416. The maximum atomic E-state index is 12.7. The molecule has 4 fully saturated rings. The molecule has 2 aromatic heterocycles. The van der Waals surface area contributed by atoms with Gasteiger partial charge >= 0.3 is 0 Å². The molecule has 9 heteroatoms. The first-order valence-electron chi connectivity index (χ1n) is 14.0. The fraction of sp³-hybridized carbons (Fsp3) is 0.552. The molecule has 2 saturated heterocycles. The Hall–Kier alpha value is -3.17. The molecular formula is C29H36N6O3. The summed E-state index contributed by atoms with van der Waals surface area (Å²) >= 11 is 0. The van der Waals surface area contributed by atoms with Gasteiger partial charge in [-0.05, 0) is 68.6 Å². The van der Waals surface area contributed by atoms with Crippen molar-refractivity contribution in [2.75, 3.05) is 43.6 Å². The van der Waals surface area contributed by atoms with Crippen LogP contribution in [0.1, 0.15) is 54.4 Å². The van der Waals surface area contributed by atoms with E-state index in [1.54, 1.807) is 0 Å². The smallest absolute Gasteiger partial charge is 0.251 e. The number of ether oxygens (including phenoxy) is 2. The van der Waals surface area contributed by atoms with E-state index in [1.807, 2.05) is 29.8 Å². The molecule has 0 bridgehead atoms. The van der Waals surface area contributed by atoms with Crippen LogP contribution >= 0.6 is 0 Å². The van der Waals surface area contributed by atoms with Crippen LogP contribution in [0.15, 0.2) is 30.5 Å². The molecule has 0 radical (unpaired) electrons. The summed E-state index contributed by atoms with van der Waals surface area (Å²) in [5.74, 6) is 2.40. The van der Waals surface area contributed by atoms with Crippen LogP contribution in [0.4, 0.5) is 11.6 Å². The van der Waals surface area contributed by atoms with Gasteiger partial charge in [-0.1, -0.05) is 12.1 Å². The van der Waals surface area contributed by atoms with Crippen LogP contribution in [-0.4, -0.2) is 65.6 Å². The molecule has 2 saturated carbocycles. The van der Waals surface area contributed by atoms with E-state index in [0.717, 1.165) is 111 Å². The molecule has 0 unspecified atom stereocenters. The second-order valence-electron chi connectivity index (χ2n) is 11.8. The van der Waals surface area contributed by atoms with Crippen molar-refractivity contribution in [3.05, 3.63) is 41.6 Å². The summed E-state index contributed by atoms with van der Waals surface area (Å²) in [5.41, 5.74) is 4.84. The van der Waals surface area contributed by atoms with Gasteiger partial charge in [-0.3, -0.25) is 4.79 Å². The highest BCUT2D eigenvalue weighted by Crippen LogP contribution is 2.48. The second kappa shape index (κ2) is 9.54. The zero-order valence-electron chi connectivity index (χ0n) is 22.0. The Morgan fingerprint density at radius 1 is 1.08 bits per heavy atom. The third kappa shape index (κ3) is 4.62. The van der Waals surface area contributed by atoms with Crippen molar-refractivity contribution in [1.82, 2.24) is 19.9 Å². The highest BCUT2D eigenvalue weighted by molar-refractivity contribution is 5.97. The van der Waals surface area contributed by atoms with Crippen LogP contribution < -0.4 is 16.0 Å². The van der Waals surface area contributed by atoms with Crippen LogP contribution in [-0.2, 0) is 9.47 Å². The minimum absolute atomic E-state index is 0.00996. The Kier molecular flexibility index (Phi) is 6.00. The molecule has 200 valence electrons. The van der Waals surface area contributed by atoms with Crippen LogP contribution in [0, 0.1) is 18.3 Å². The summed E-state index contributed by atoms with van der Waals surface area (Å²) in [5, 5.41) is 15.2. The van der Waals surface area contributed by atoms with Gasteiger partial charge in [0.2, 0.25) is 0 Å². The summed E-state index contributed by atoms with van der Waals surface area (Å²) in [7, 11) is 0. The van der Waals surface area contributed by atoms with E-state index < -0.39 is 0 Å². The molecule has 1 aromatic carbocycles. The lowest BCUT2D eigenvalue weighted by atomic mass is 9.64. The van der Waals surface area contributed by atoms with E-state index >= 15 is 0 Å². The predicted octanol–water partition coefficient (Wildman–Crippen LogP) is 4.03. The molecular weight excluding hydrogens is 480 g/mol. The molecule has 2 aliphatic carbocycles. The number of fused-ring (bicyclic) bond motifs is 1. The first-order chi connectivity index (χ1) is 18.6. The van der Waals surface area contributed by atoms with Crippen LogP contribution in [0.3, 0.4) is 0 Å². The van der Waals surface area contributed by atoms with E-state index in [-0.39, 0.29) is 5.91 Å². The van der Waals surface area contributed by atoms with Crippen molar-refractivity contribution in [3.63, 3.8) is 0 Å².